The molecule has 0 unspecified atom stereocenters. The van der Waals surface area contributed by atoms with Crippen molar-refractivity contribution >= 4 is 17.7 Å². The van der Waals surface area contributed by atoms with E-state index in [0.29, 0.717) is 5.56 Å². The lowest BCUT2D eigenvalue weighted by Crippen LogP contribution is -2.43. The third-order valence-electron chi connectivity index (χ3n) is 3.41. The minimum Gasteiger partial charge on any atom is -0.388 e. The number of hydrogen-bond donors (Lipinski definition) is 2. The lowest BCUT2D eigenvalue weighted by Gasteiger charge is -2.27. The number of nitro benzene ring substituents is 1. The zero-order valence-electron chi connectivity index (χ0n) is 12.4. The second-order valence-corrected chi connectivity index (χ2v) is 5.38. The molecular weight excluding hydrogens is 272 g/mol. The molecule has 2 N–H and O–H groups in total. The Morgan fingerprint density at radius 3 is 2.67 bits per heavy atom. The van der Waals surface area contributed by atoms with Crippen molar-refractivity contribution in [1.82, 2.24) is 5.32 Å². The van der Waals surface area contributed by atoms with Gasteiger partial charge in [-0.25, -0.2) is 0 Å². The number of amides is 1. The Kier molecular flexibility index (Phi) is 5.60. The number of nitro groups is 1. The van der Waals surface area contributed by atoms with E-state index in [0.717, 1.165) is 0 Å². The fourth-order valence-corrected chi connectivity index (χ4v) is 1.49. The highest BCUT2D eigenvalue weighted by molar-refractivity contribution is 5.92. The Morgan fingerprint density at radius 1 is 1.48 bits per heavy atom. The Bertz CT molecular complexity index is 550. The SMILES string of the molecule is CC(C)[C@@](C)(O)CNC(=O)/C=C\c1ccccc1[N+](=O)[O-]. The van der Waals surface area contributed by atoms with E-state index in [9.17, 15) is 20.0 Å². The summed E-state index contributed by atoms with van der Waals surface area (Å²) in [5.41, 5.74) is -0.702. The molecule has 0 saturated heterocycles. The van der Waals surface area contributed by atoms with Crippen molar-refractivity contribution in [1.29, 1.82) is 0 Å². The Hall–Kier alpha value is -2.21. The summed E-state index contributed by atoms with van der Waals surface area (Å²) in [5, 5.41) is 23.4. The van der Waals surface area contributed by atoms with Crippen molar-refractivity contribution in [3.8, 4) is 0 Å². The first-order valence-corrected chi connectivity index (χ1v) is 6.66. The zero-order chi connectivity index (χ0) is 16.0. The van der Waals surface area contributed by atoms with Crippen LogP contribution >= 0.6 is 0 Å². The number of nitrogens with one attached hydrogen (secondary N) is 1. The average molecular weight is 292 g/mol. The van der Waals surface area contributed by atoms with Crippen LogP contribution in [0.1, 0.15) is 26.3 Å². The Labute approximate surface area is 123 Å². The summed E-state index contributed by atoms with van der Waals surface area (Å²) in [5.74, 6) is -0.411. The van der Waals surface area contributed by atoms with Gasteiger partial charge in [-0.1, -0.05) is 26.0 Å². The monoisotopic (exact) mass is 292 g/mol. The van der Waals surface area contributed by atoms with Gasteiger partial charge >= 0.3 is 0 Å². The fourth-order valence-electron chi connectivity index (χ4n) is 1.49. The third-order valence-corrected chi connectivity index (χ3v) is 3.41. The predicted molar refractivity (Wildman–Crippen MR) is 80.6 cm³/mol. The molecule has 1 aromatic carbocycles. The summed E-state index contributed by atoms with van der Waals surface area (Å²) in [6.07, 6.45) is 2.61. The number of para-hydroxylation sites is 1. The van der Waals surface area contributed by atoms with Gasteiger partial charge in [-0.3, -0.25) is 14.9 Å². The van der Waals surface area contributed by atoms with Crippen molar-refractivity contribution in [3.05, 3.63) is 46.0 Å². The Balaban J connectivity index is 2.70. The second kappa shape index (κ2) is 6.99. The first kappa shape index (κ1) is 16.8. The number of nitrogens with zero attached hydrogens (tertiary/aromatic N) is 1. The molecule has 6 heteroatoms. The number of aliphatic hydroxyl groups is 1. The van der Waals surface area contributed by atoms with Crippen molar-refractivity contribution in [2.45, 2.75) is 26.4 Å². The summed E-state index contributed by atoms with van der Waals surface area (Å²) in [6, 6.07) is 6.16. The maximum Gasteiger partial charge on any atom is 0.276 e. The first-order valence-electron chi connectivity index (χ1n) is 6.66. The summed E-state index contributed by atoms with van der Waals surface area (Å²) in [6.45, 7) is 5.47. The van der Waals surface area contributed by atoms with Crippen LogP contribution < -0.4 is 5.32 Å². The molecule has 1 aromatic rings. The topological polar surface area (TPSA) is 92.5 Å². The maximum atomic E-state index is 11.7. The lowest BCUT2D eigenvalue weighted by atomic mass is 9.92. The van der Waals surface area contributed by atoms with Crippen LogP contribution in [0.5, 0.6) is 0 Å². The van der Waals surface area contributed by atoms with Gasteiger partial charge in [-0.15, -0.1) is 0 Å². The molecule has 0 saturated carbocycles. The third kappa shape index (κ3) is 5.00. The standard InChI is InChI=1S/C15H20N2O4/c1-11(2)15(3,19)10-16-14(18)9-8-12-6-4-5-7-13(12)17(20)21/h4-9,11,19H,10H2,1-3H3,(H,16,18)/b9-8-/t15-/m0/s1. The normalized spacial score (nSPS) is 14.1. The summed E-state index contributed by atoms with van der Waals surface area (Å²) in [7, 11) is 0. The van der Waals surface area contributed by atoms with E-state index < -0.39 is 16.4 Å². The molecule has 21 heavy (non-hydrogen) atoms. The molecule has 0 fully saturated rings. The molecule has 1 rings (SSSR count). The fraction of sp³-hybridized carbons (Fsp3) is 0.400. The maximum absolute atomic E-state index is 11.7. The van der Waals surface area contributed by atoms with Crippen LogP contribution in [0.3, 0.4) is 0 Å². The van der Waals surface area contributed by atoms with Crippen molar-refractivity contribution in [2.75, 3.05) is 6.54 Å². The van der Waals surface area contributed by atoms with Crippen LogP contribution in [-0.2, 0) is 4.79 Å². The molecule has 0 spiro atoms. The number of carbonyl (C=O) groups is 1. The number of hydrogen-bond acceptors (Lipinski definition) is 4. The minimum atomic E-state index is -0.998. The molecule has 6 nitrogen and oxygen atoms in total. The van der Waals surface area contributed by atoms with Gasteiger partial charge in [0.15, 0.2) is 0 Å². The lowest BCUT2D eigenvalue weighted by molar-refractivity contribution is -0.385. The van der Waals surface area contributed by atoms with Gasteiger partial charge in [0.1, 0.15) is 0 Å². The van der Waals surface area contributed by atoms with Crippen LogP contribution in [0.4, 0.5) is 5.69 Å². The highest BCUT2D eigenvalue weighted by atomic mass is 16.6. The molecule has 0 bridgehead atoms. The molecule has 0 radical (unpaired) electrons. The van der Waals surface area contributed by atoms with Gasteiger partial charge in [-0.2, -0.15) is 0 Å². The van der Waals surface area contributed by atoms with Crippen molar-refractivity contribution < 1.29 is 14.8 Å². The van der Waals surface area contributed by atoms with E-state index in [-0.39, 0.29) is 18.2 Å². The van der Waals surface area contributed by atoms with Crippen LogP contribution in [0.2, 0.25) is 0 Å². The van der Waals surface area contributed by atoms with Crippen molar-refractivity contribution in [2.24, 2.45) is 5.92 Å². The van der Waals surface area contributed by atoms with Crippen LogP contribution in [0.15, 0.2) is 30.3 Å². The molecule has 0 aromatic heterocycles. The number of carbonyl (C=O) groups excluding carboxylic acids is 1. The smallest absolute Gasteiger partial charge is 0.276 e. The van der Waals surface area contributed by atoms with E-state index in [2.05, 4.69) is 5.32 Å². The largest absolute Gasteiger partial charge is 0.388 e. The first-order chi connectivity index (χ1) is 9.74. The molecule has 1 atom stereocenters. The molecule has 0 aliphatic rings. The highest BCUT2D eigenvalue weighted by Gasteiger charge is 2.24. The summed E-state index contributed by atoms with van der Waals surface area (Å²) >= 11 is 0. The molecule has 114 valence electrons. The predicted octanol–water partition coefficient (Wildman–Crippen LogP) is 2.13. The van der Waals surface area contributed by atoms with Gasteiger partial charge in [0.05, 0.1) is 16.1 Å². The summed E-state index contributed by atoms with van der Waals surface area (Å²) < 4.78 is 0. The van der Waals surface area contributed by atoms with Gasteiger partial charge < -0.3 is 10.4 Å². The molecule has 0 heterocycles. The van der Waals surface area contributed by atoms with Crippen LogP contribution in [0, 0.1) is 16.0 Å². The number of benzene rings is 1. The van der Waals surface area contributed by atoms with Gasteiger partial charge in [-0.05, 0) is 25.0 Å². The molecular formula is C15H20N2O4. The minimum absolute atomic E-state index is 0.00279. The number of rotatable bonds is 6. The van der Waals surface area contributed by atoms with Crippen LogP contribution in [0.25, 0.3) is 6.08 Å². The van der Waals surface area contributed by atoms with Gasteiger partial charge in [0.2, 0.25) is 5.91 Å². The van der Waals surface area contributed by atoms with E-state index in [1.807, 2.05) is 13.8 Å². The average Bonchev–Trinajstić information content (AvgIpc) is 2.43. The quantitative estimate of drug-likeness (QED) is 0.477. The second-order valence-electron chi connectivity index (χ2n) is 5.38. The van der Waals surface area contributed by atoms with E-state index in [1.54, 1.807) is 25.1 Å². The molecule has 1 amide bonds. The van der Waals surface area contributed by atoms with Gasteiger partial charge in [0, 0.05) is 18.7 Å². The highest BCUT2D eigenvalue weighted by Crippen LogP contribution is 2.19. The summed E-state index contributed by atoms with van der Waals surface area (Å²) in [4.78, 5) is 22.0. The Morgan fingerprint density at radius 2 is 2.10 bits per heavy atom. The van der Waals surface area contributed by atoms with E-state index in [1.165, 1.54) is 18.2 Å². The molecule has 0 aliphatic carbocycles. The molecule has 0 aliphatic heterocycles. The zero-order valence-corrected chi connectivity index (χ0v) is 12.4. The van der Waals surface area contributed by atoms with Crippen molar-refractivity contribution in [3.63, 3.8) is 0 Å². The van der Waals surface area contributed by atoms with Crippen LogP contribution in [-0.4, -0.2) is 28.1 Å². The van der Waals surface area contributed by atoms with E-state index >= 15 is 0 Å². The van der Waals surface area contributed by atoms with E-state index in [4.69, 9.17) is 0 Å². The van der Waals surface area contributed by atoms with Gasteiger partial charge in [0.25, 0.3) is 5.69 Å².